The molecule has 3 aromatic rings. The Morgan fingerprint density at radius 3 is 2.57 bits per heavy atom. The summed E-state index contributed by atoms with van der Waals surface area (Å²) in [5.41, 5.74) is -1.12. The Hall–Kier alpha value is -4.46. The lowest BCUT2D eigenvalue weighted by molar-refractivity contribution is -0.384. The van der Waals surface area contributed by atoms with Crippen LogP contribution >= 0.6 is 11.6 Å². The van der Waals surface area contributed by atoms with Crippen LogP contribution in [0.15, 0.2) is 45.1 Å². The van der Waals surface area contributed by atoms with Crippen molar-refractivity contribution in [3.8, 4) is 0 Å². The number of ether oxygens (including phenoxy) is 1. The molecule has 1 aromatic carbocycles. The highest BCUT2D eigenvalue weighted by Crippen LogP contribution is 2.34. The summed E-state index contributed by atoms with van der Waals surface area (Å²) in [5, 5.41) is 13.9. The molecule has 1 atom stereocenters. The number of amides is 2. The maximum absolute atomic E-state index is 13.2. The zero-order valence-corrected chi connectivity index (χ0v) is 21.0. The van der Waals surface area contributed by atoms with E-state index >= 15 is 0 Å². The highest BCUT2D eigenvalue weighted by molar-refractivity contribution is 6.29. The van der Waals surface area contributed by atoms with Gasteiger partial charge in [0.05, 0.1) is 35.4 Å². The van der Waals surface area contributed by atoms with Gasteiger partial charge in [0.25, 0.3) is 11.2 Å². The molecule has 0 unspecified atom stereocenters. The molecule has 2 aromatic heterocycles. The largest absolute Gasteiger partial charge is 0.463 e. The van der Waals surface area contributed by atoms with Gasteiger partial charge in [-0.2, -0.15) is 4.98 Å². The van der Waals surface area contributed by atoms with Crippen LogP contribution in [0.3, 0.4) is 0 Å². The number of likely N-dealkylation sites (N-methyl/N-ethyl adjacent to an activating group) is 1. The Morgan fingerprint density at radius 2 is 1.92 bits per heavy atom. The lowest BCUT2D eigenvalue weighted by Crippen LogP contribution is -2.47. The van der Waals surface area contributed by atoms with Crippen LogP contribution in [0.25, 0.3) is 11.2 Å². The monoisotopic (exact) mass is 531 g/mol. The summed E-state index contributed by atoms with van der Waals surface area (Å²) in [5.74, 6) is -0.776. The lowest BCUT2D eigenvalue weighted by Gasteiger charge is -2.34. The summed E-state index contributed by atoms with van der Waals surface area (Å²) in [4.78, 5) is 67.6. The number of non-ortho nitro benzene ring substituents is 1. The minimum absolute atomic E-state index is 0.0102. The van der Waals surface area contributed by atoms with E-state index in [2.05, 4.69) is 10.3 Å². The molecule has 194 valence electrons. The SMILES string of the molecule is CCOC(=O)C1=C(Cn2c(Cl)nc3c2c(=O)n(C)c(=O)n3C)N(C)C(=O)N[C@H]1c1cccc([N+](=O)[O-])c1. The molecule has 0 bridgehead atoms. The van der Waals surface area contributed by atoms with Gasteiger partial charge >= 0.3 is 17.7 Å². The van der Waals surface area contributed by atoms with Gasteiger partial charge in [-0.15, -0.1) is 0 Å². The van der Waals surface area contributed by atoms with Gasteiger partial charge < -0.3 is 14.6 Å². The summed E-state index contributed by atoms with van der Waals surface area (Å²) >= 11 is 6.37. The molecule has 1 N–H and O–H groups in total. The first-order chi connectivity index (χ1) is 17.5. The van der Waals surface area contributed by atoms with Crippen LogP contribution in [0.4, 0.5) is 10.5 Å². The molecule has 1 aliphatic rings. The second kappa shape index (κ2) is 9.54. The summed E-state index contributed by atoms with van der Waals surface area (Å²) in [6, 6.07) is 3.79. The van der Waals surface area contributed by atoms with Gasteiger partial charge in [0.1, 0.15) is 0 Å². The fourth-order valence-corrected chi connectivity index (χ4v) is 4.40. The molecule has 0 radical (unpaired) electrons. The van der Waals surface area contributed by atoms with Crippen molar-refractivity contribution in [3.05, 3.63) is 77.3 Å². The Labute approximate surface area is 213 Å². The number of nitro benzene ring substituents is 1. The maximum atomic E-state index is 13.2. The van der Waals surface area contributed by atoms with Crippen LogP contribution in [0, 0.1) is 10.1 Å². The molecule has 14 nitrogen and oxygen atoms in total. The van der Waals surface area contributed by atoms with Crippen LogP contribution in [0.1, 0.15) is 18.5 Å². The number of urea groups is 1. The number of carbonyl (C=O) groups is 2. The average Bonchev–Trinajstić information content (AvgIpc) is 3.20. The molecule has 0 saturated carbocycles. The minimum atomic E-state index is -1.10. The van der Waals surface area contributed by atoms with Crippen molar-refractivity contribution in [2.45, 2.75) is 19.5 Å². The highest BCUT2D eigenvalue weighted by atomic mass is 35.5. The fraction of sp³-hybridized carbons (Fsp3) is 0.318. The number of allylic oxidation sites excluding steroid dienone is 1. The molecule has 3 heterocycles. The van der Waals surface area contributed by atoms with Crippen LogP contribution in [-0.2, 0) is 30.2 Å². The Bertz CT molecular complexity index is 1620. The van der Waals surface area contributed by atoms with Crippen molar-refractivity contribution in [1.82, 2.24) is 28.9 Å². The minimum Gasteiger partial charge on any atom is -0.463 e. The van der Waals surface area contributed by atoms with Gasteiger partial charge in [-0.1, -0.05) is 12.1 Å². The number of nitro groups is 1. The predicted molar refractivity (Wildman–Crippen MR) is 131 cm³/mol. The zero-order chi connectivity index (χ0) is 27.2. The van der Waals surface area contributed by atoms with E-state index in [-0.39, 0.29) is 52.1 Å². The Morgan fingerprint density at radius 1 is 1.22 bits per heavy atom. The second-order valence-corrected chi connectivity index (χ2v) is 8.56. The molecule has 0 fully saturated rings. The third kappa shape index (κ3) is 4.24. The predicted octanol–water partition coefficient (Wildman–Crippen LogP) is 1.21. The van der Waals surface area contributed by atoms with E-state index in [9.17, 15) is 29.3 Å². The van der Waals surface area contributed by atoms with Crippen molar-refractivity contribution < 1.29 is 19.2 Å². The third-order valence-corrected chi connectivity index (χ3v) is 6.38. The fourth-order valence-electron chi connectivity index (χ4n) is 4.18. The molecule has 0 saturated heterocycles. The van der Waals surface area contributed by atoms with Crippen LogP contribution in [0.5, 0.6) is 0 Å². The second-order valence-electron chi connectivity index (χ2n) is 8.22. The van der Waals surface area contributed by atoms with E-state index in [0.29, 0.717) is 0 Å². The molecule has 2 amide bonds. The summed E-state index contributed by atoms with van der Waals surface area (Å²) in [6.07, 6.45) is 0. The Balaban J connectivity index is 1.99. The number of nitrogens with zero attached hydrogens (tertiary/aromatic N) is 6. The van der Waals surface area contributed by atoms with E-state index in [0.717, 1.165) is 14.0 Å². The van der Waals surface area contributed by atoms with E-state index in [1.165, 1.54) is 50.0 Å². The zero-order valence-electron chi connectivity index (χ0n) is 20.2. The maximum Gasteiger partial charge on any atom is 0.338 e. The van der Waals surface area contributed by atoms with Crippen LogP contribution < -0.4 is 16.6 Å². The molecule has 0 spiro atoms. The number of carbonyl (C=O) groups excluding carboxylic acids is 2. The number of benzene rings is 1. The van der Waals surface area contributed by atoms with Gasteiger partial charge in [0, 0.05) is 33.3 Å². The van der Waals surface area contributed by atoms with Crippen molar-refractivity contribution in [3.63, 3.8) is 0 Å². The first-order valence-corrected chi connectivity index (χ1v) is 11.4. The first kappa shape index (κ1) is 25.6. The summed E-state index contributed by atoms with van der Waals surface area (Å²) < 4.78 is 8.59. The number of nitrogens with one attached hydrogen (secondary N) is 1. The highest BCUT2D eigenvalue weighted by Gasteiger charge is 2.38. The number of imidazole rings is 1. The quantitative estimate of drug-likeness (QED) is 0.214. The van der Waals surface area contributed by atoms with Crippen molar-refractivity contribution in [1.29, 1.82) is 0 Å². The van der Waals surface area contributed by atoms with Gasteiger partial charge in [0.2, 0.25) is 5.28 Å². The van der Waals surface area contributed by atoms with Gasteiger partial charge in [-0.05, 0) is 24.1 Å². The number of hydrogen-bond acceptors (Lipinski definition) is 8. The Kier molecular flexibility index (Phi) is 6.61. The number of aromatic nitrogens is 4. The van der Waals surface area contributed by atoms with Crippen LogP contribution in [0.2, 0.25) is 5.28 Å². The van der Waals surface area contributed by atoms with E-state index in [4.69, 9.17) is 16.3 Å². The molecule has 1 aliphatic heterocycles. The standard InChI is InChI=1S/C22H22ClN7O7/c1-5-37-19(32)14-13(10-29-16-17(25-20(29)23)27(3)22(34)28(4)18(16)31)26(2)21(33)24-15(14)11-7-6-8-12(9-11)30(35)36/h6-9,15H,5,10H2,1-4H3,(H,24,33)/t15-/m0/s1. The van der Waals surface area contributed by atoms with Gasteiger partial charge in [-0.3, -0.25) is 28.9 Å². The number of esters is 1. The van der Waals surface area contributed by atoms with E-state index < -0.39 is 34.2 Å². The third-order valence-electron chi connectivity index (χ3n) is 6.10. The molecule has 15 heteroatoms. The summed E-state index contributed by atoms with van der Waals surface area (Å²) in [6.45, 7) is 1.36. The van der Waals surface area contributed by atoms with Crippen LogP contribution in [-0.4, -0.2) is 54.2 Å². The number of aryl methyl sites for hydroxylation is 1. The normalized spacial score (nSPS) is 15.8. The molecule has 37 heavy (non-hydrogen) atoms. The van der Waals surface area contributed by atoms with Crippen molar-refractivity contribution in [2.24, 2.45) is 14.1 Å². The van der Waals surface area contributed by atoms with E-state index in [1.54, 1.807) is 6.92 Å². The summed E-state index contributed by atoms with van der Waals surface area (Å²) in [7, 11) is 4.14. The smallest absolute Gasteiger partial charge is 0.338 e. The van der Waals surface area contributed by atoms with Crippen molar-refractivity contribution in [2.75, 3.05) is 13.7 Å². The van der Waals surface area contributed by atoms with Gasteiger partial charge in [0.15, 0.2) is 11.2 Å². The van der Waals surface area contributed by atoms with Gasteiger partial charge in [-0.25, -0.2) is 14.4 Å². The lowest BCUT2D eigenvalue weighted by atomic mass is 9.94. The number of fused-ring (bicyclic) bond motifs is 1. The molecular formula is C22H22ClN7O7. The first-order valence-electron chi connectivity index (χ1n) is 11.0. The molecule has 4 rings (SSSR count). The van der Waals surface area contributed by atoms with Crippen molar-refractivity contribution >= 4 is 40.5 Å². The number of rotatable bonds is 6. The number of halogens is 1. The molecule has 0 aliphatic carbocycles. The molecular weight excluding hydrogens is 510 g/mol. The topological polar surface area (TPSA) is 164 Å². The van der Waals surface area contributed by atoms with E-state index in [1.807, 2.05) is 0 Å². The average molecular weight is 532 g/mol. The number of hydrogen-bond donors (Lipinski definition) is 1.